The number of halogens is 2. The van der Waals surface area contributed by atoms with E-state index in [-0.39, 0.29) is 11.1 Å². The van der Waals surface area contributed by atoms with Crippen molar-refractivity contribution in [2.45, 2.75) is 19.8 Å². The molecule has 0 unspecified atom stereocenters. The van der Waals surface area contributed by atoms with Gasteiger partial charge in [0.1, 0.15) is 12.4 Å². The van der Waals surface area contributed by atoms with E-state index in [4.69, 9.17) is 4.74 Å². The van der Waals surface area contributed by atoms with Gasteiger partial charge >= 0.3 is 0 Å². The van der Waals surface area contributed by atoms with Gasteiger partial charge in [0.15, 0.2) is 0 Å². The van der Waals surface area contributed by atoms with Crippen LogP contribution in [0, 0.1) is 0 Å². The predicted octanol–water partition coefficient (Wildman–Crippen LogP) is 5.61. The van der Waals surface area contributed by atoms with Crippen molar-refractivity contribution in [3.8, 4) is 5.75 Å². The molecular formula is C17H17Br2NO3S. The normalized spacial score (nSPS) is 16.1. The Labute approximate surface area is 162 Å². The molecule has 0 aromatic heterocycles. The van der Waals surface area contributed by atoms with Crippen LogP contribution >= 0.6 is 43.6 Å². The van der Waals surface area contributed by atoms with Crippen molar-refractivity contribution in [3.63, 3.8) is 0 Å². The van der Waals surface area contributed by atoms with Crippen molar-refractivity contribution in [3.05, 3.63) is 44.2 Å². The molecule has 0 aliphatic carbocycles. The number of amides is 2. The molecule has 0 bridgehead atoms. The lowest BCUT2D eigenvalue weighted by atomic mass is 10.2. The van der Waals surface area contributed by atoms with Crippen LogP contribution in [0.2, 0.25) is 0 Å². The first kappa shape index (κ1) is 19.3. The van der Waals surface area contributed by atoms with Crippen LogP contribution in [-0.4, -0.2) is 29.2 Å². The van der Waals surface area contributed by atoms with E-state index in [0.29, 0.717) is 23.8 Å². The zero-order valence-electron chi connectivity index (χ0n) is 13.2. The van der Waals surface area contributed by atoms with Crippen LogP contribution in [0.5, 0.6) is 5.75 Å². The van der Waals surface area contributed by atoms with Gasteiger partial charge in [-0.2, -0.15) is 0 Å². The Kier molecular flexibility index (Phi) is 7.13. The predicted molar refractivity (Wildman–Crippen MR) is 105 cm³/mol. The third kappa shape index (κ3) is 4.52. The fourth-order valence-electron chi connectivity index (χ4n) is 2.10. The van der Waals surface area contributed by atoms with E-state index in [1.807, 2.05) is 19.1 Å². The molecule has 0 saturated carbocycles. The molecule has 0 N–H and O–H groups in total. The Bertz CT molecular complexity index is 680. The summed E-state index contributed by atoms with van der Waals surface area (Å²) < 4.78 is 7.09. The molecule has 1 heterocycles. The van der Waals surface area contributed by atoms with Crippen molar-refractivity contribution in [2.75, 3.05) is 13.2 Å². The second kappa shape index (κ2) is 8.87. The second-order valence-electron chi connectivity index (χ2n) is 5.10. The number of unbranched alkanes of at least 4 members (excludes halogenated alkanes) is 1. The monoisotopic (exact) mass is 473 g/mol. The summed E-state index contributed by atoms with van der Waals surface area (Å²) in [7, 11) is 0. The summed E-state index contributed by atoms with van der Waals surface area (Å²) in [5.74, 6) is 0.445. The van der Waals surface area contributed by atoms with Crippen molar-refractivity contribution < 1.29 is 14.3 Å². The van der Waals surface area contributed by atoms with Crippen LogP contribution < -0.4 is 4.74 Å². The van der Waals surface area contributed by atoms with Crippen LogP contribution in [0.4, 0.5) is 4.79 Å². The molecule has 2 amide bonds. The number of imide groups is 1. The average molecular weight is 475 g/mol. The number of hydrogen-bond acceptors (Lipinski definition) is 4. The van der Waals surface area contributed by atoms with Crippen molar-refractivity contribution >= 4 is 60.8 Å². The molecule has 1 fully saturated rings. The second-order valence-corrected chi connectivity index (χ2v) is 7.80. The number of thioether (sulfide) groups is 1. The quantitative estimate of drug-likeness (QED) is 0.380. The highest BCUT2D eigenvalue weighted by molar-refractivity contribution is 9.11. The number of hydrogen-bond donors (Lipinski definition) is 0. The summed E-state index contributed by atoms with van der Waals surface area (Å²) in [6.07, 6.45) is 5.15. The smallest absolute Gasteiger partial charge is 0.293 e. The van der Waals surface area contributed by atoms with Crippen molar-refractivity contribution in [1.29, 1.82) is 0 Å². The molecule has 4 nitrogen and oxygen atoms in total. The molecule has 1 saturated heterocycles. The van der Waals surface area contributed by atoms with Gasteiger partial charge in [0.2, 0.25) is 0 Å². The zero-order chi connectivity index (χ0) is 17.7. The Morgan fingerprint density at radius 1 is 1.29 bits per heavy atom. The molecule has 0 radical (unpaired) electrons. The minimum absolute atomic E-state index is 0.205. The van der Waals surface area contributed by atoms with Crippen LogP contribution in [0.15, 0.2) is 38.6 Å². The third-order valence-corrected chi connectivity index (χ3v) is 5.36. The van der Waals surface area contributed by atoms with Gasteiger partial charge < -0.3 is 4.74 Å². The molecule has 1 aromatic carbocycles. The van der Waals surface area contributed by atoms with E-state index in [9.17, 15) is 9.59 Å². The first-order chi connectivity index (χ1) is 11.5. The first-order valence-electron chi connectivity index (χ1n) is 7.46. The maximum Gasteiger partial charge on any atom is 0.293 e. The number of benzene rings is 1. The molecular weight excluding hydrogens is 458 g/mol. The molecule has 24 heavy (non-hydrogen) atoms. The topological polar surface area (TPSA) is 46.6 Å². The van der Waals surface area contributed by atoms with Crippen LogP contribution in [-0.2, 0) is 4.79 Å². The van der Waals surface area contributed by atoms with Gasteiger partial charge in [0.05, 0.1) is 13.9 Å². The maximum absolute atomic E-state index is 12.4. The van der Waals surface area contributed by atoms with E-state index in [0.717, 1.165) is 39.1 Å². The lowest BCUT2D eigenvalue weighted by molar-refractivity contribution is -0.122. The summed E-state index contributed by atoms with van der Waals surface area (Å²) in [5.41, 5.74) is 0.806. The molecule has 0 spiro atoms. The highest BCUT2D eigenvalue weighted by Gasteiger charge is 2.34. The summed E-state index contributed by atoms with van der Waals surface area (Å²) in [6.45, 7) is 6.52. The standard InChI is InChI=1S/C17H17Br2NO3S/c1-3-5-6-20-16(21)14(24-17(20)22)10-11-8-12(18)15(13(19)9-11)23-7-4-2/h4,8-10H,2-3,5-7H2,1H3/b14-10-. The number of ether oxygens (including phenoxy) is 1. The molecule has 1 aliphatic rings. The summed E-state index contributed by atoms with van der Waals surface area (Å²) in [6, 6.07) is 3.70. The SMILES string of the molecule is C=CCOc1c(Br)cc(/C=C2\SC(=O)N(CCCC)C2=O)cc1Br. The van der Waals surface area contributed by atoms with Crippen molar-refractivity contribution in [2.24, 2.45) is 0 Å². The lowest BCUT2D eigenvalue weighted by Gasteiger charge is -2.11. The minimum Gasteiger partial charge on any atom is -0.487 e. The van der Waals surface area contributed by atoms with Gasteiger partial charge in [-0.3, -0.25) is 14.5 Å². The maximum atomic E-state index is 12.4. The van der Waals surface area contributed by atoms with E-state index in [2.05, 4.69) is 38.4 Å². The molecule has 0 atom stereocenters. The Morgan fingerprint density at radius 2 is 1.96 bits per heavy atom. The number of rotatable bonds is 7. The fraction of sp³-hybridized carbons (Fsp3) is 0.294. The molecule has 2 rings (SSSR count). The highest BCUT2D eigenvalue weighted by Crippen LogP contribution is 2.37. The van der Waals surface area contributed by atoms with Gasteiger partial charge in [0, 0.05) is 6.54 Å². The van der Waals surface area contributed by atoms with E-state index >= 15 is 0 Å². The van der Waals surface area contributed by atoms with Gasteiger partial charge in [-0.25, -0.2) is 0 Å². The van der Waals surface area contributed by atoms with Gasteiger partial charge in [-0.15, -0.1) is 0 Å². The van der Waals surface area contributed by atoms with Crippen LogP contribution in [0.1, 0.15) is 25.3 Å². The summed E-state index contributed by atoms with van der Waals surface area (Å²) in [5, 5.41) is -0.205. The minimum atomic E-state index is -0.224. The molecule has 1 aliphatic heterocycles. The van der Waals surface area contributed by atoms with Crippen molar-refractivity contribution in [1.82, 2.24) is 4.90 Å². The summed E-state index contributed by atoms with van der Waals surface area (Å²) >= 11 is 7.91. The van der Waals surface area contributed by atoms with E-state index in [1.165, 1.54) is 4.90 Å². The molecule has 128 valence electrons. The highest BCUT2D eigenvalue weighted by atomic mass is 79.9. The lowest BCUT2D eigenvalue weighted by Crippen LogP contribution is -2.29. The summed E-state index contributed by atoms with van der Waals surface area (Å²) in [4.78, 5) is 26.1. The average Bonchev–Trinajstić information content (AvgIpc) is 2.78. The Hall–Kier alpha value is -1.05. The van der Waals surface area contributed by atoms with E-state index in [1.54, 1.807) is 12.2 Å². The Morgan fingerprint density at radius 3 is 2.54 bits per heavy atom. The fourth-order valence-corrected chi connectivity index (χ4v) is 4.42. The largest absolute Gasteiger partial charge is 0.487 e. The Balaban J connectivity index is 2.24. The van der Waals surface area contributed by atoms with E-state index < -0.39 is 0 Å². The zero-order valence-corrected chi connectivity index (χ0v) is 17.2. The van der Waals surface area contributed by atoms with Gasteiger partial charge in [-0.1, -0.05) is 26.0 Å². The van der Waals surface area contributed by atoms with Crippen LogP contribution in [0.3, 0.4) is 0 Å². The number of carbonyl (C=O) groups excluding carboxylic acids is 2. The van der Waals surface area contributed by atoms with Gasteiger partial charge in [0.25, 0.3) is 11.1 Å². The molecule has 7 heteroatoms. The molecule has 1 aromatic rings. The van der Waals surface area contributed by atoms with Gasteiger partial charge in [-0.05, 0) is 73.8 Å². The first-order valence-corrected chi connectivity index (χ1v) is 9.86. The van der Waals surface area contributed by atoms with Crippen LogP contribution in [0.25, 0.3) is 6.08 Å². The number of carbonyl (C=O) groups is 2. The third-order valence-electron chi connectivity index (χ3n) is 3.27. The number of nitrogens with zero attached hydrogens (tertiary/aromatic N) is 1.